The standard InChI is InChI=1S/C21H28N4O2S/c1-16-10-11-19(14-17(16)2)24-21(22)23-15-18-8-4-5-9-20(18)28(26,27)25-12-6-3-7-13-25/h4-5,8-11,14H,3,6-7,12-13,15H2,1-2H3,(H3,22,23,24). The average Bonchev–Trinajstić information content (AvgIpc) is 2.70. The van der Waals surface area contributed by atoms with Gasteiger partial charge in [-0.3, -0.25) is 0 Å². The number of nitrogens with zero attached hydrogens (tertiary/aromatic N) is 2. The molecule has 1 aliphatic rings. The van der Waals surface area contributed by atoms with E-state index in [-0.39, 0.29) is 12.5 Å². The highest BCUT2D eigenvalue weighted by Gasteiger charge is 2.27. The predicted molar refractivity (Wildman–Crippen MR) is 114 cm³/mol. The fourth-order valence-corrected chi connectivity index (χ4v) is 5.04. The normalized spacial score (nSPS) is 16.1. The Balaban J connectivity index is 1.77. The number of sulfonamides is 1. The minimum absolute atomic E-state index is 0.201. The number of benzene rings is 2. The summed E-state index contributed by atoms with van der Waals surface area (Å²) < 4.78 is 27.7. The van der Waals surface area contributed by atoms with E-state index in [1.165, 1.54) is 5.56 Å². The molecule has 0 aromatic heterocycles. The van der Waals surface area contributed by atoms with Crippen LogP contribution in [0.5, 0.6) is 0 Å². The Kier molecular flexibility index (Phi) is 6.36. The summed E-state index contributed by atoms with van der Waals surface area (Å²) in [5.41, 5.74) is 9.90. The van der Waals surface area contributed by atoms with Gasteiger partial charge in [-0.15, -0.1) is 0 Å². The number of aryl methyl sites for hydroxylation is 2. The first-order valence-electron chi connectivity index (χ1n) is 9.60. The molecule has 1 aliphatic heterocycles. The highest BCUT2D eigenvalue weighted by Crippen LogP contribution is 2.24. The van der Waals surface area contributed by atoms with Crippen molar-refractivity contribution in [3.63, 3.8) is 0 Å². The number of guanidine groups is 1. The molecule has 3 rings (SSSR count). The molecule has 2 aromatic carbocycles. The number of piperidine rings is 1. The molecule has 0 saturated carbocycles. The molecule has 28 heavy (non-hydrogen) atoms. The third kappa shape index (κ3) is 4.72. The van der Waals surface area contributed by atoms with Crippen LogP contribution in [0.15, 0.2) is 52.4 Å². The maximum Gasteiger partial charge on any atom is 0.243 e. The Hall–Kier alpha value is -2.38. The van der Waals surface area contributed by atoms with E-state index in [1.54, 1.807) is 22.5 Å². The van der Waals surface area contributed by atoms with Crippen LogP contribution in [-0.4, -0.2) is 31.8 Å². The van der Waals surface area contributed by atoms with Crippen LogP contribution in [0.3, 0.4) is 0 Å². The quantitative estimate of drug-likeness (QED) is 0.595. The summed E-state index contributed by atoms with van der Waals surface area (Å²) in [5.74, 6) is 0.258. The summed E-state index contributed by atoms with van der Waals surface area (Å²) in [6, 6.07) is 13.0. The van der Waals surface area contributed by atoms with E-state index in [4.69, 9.17) is 5.73 Å². The highest BCUT2D eigenvalue weighted by molar-refractivity contribution is 7.89. The molecule has 7 heteroatoms. The highest BCUT2D eigenvalue weighted by atomic mass is 32.2. The van der Waals surface area contributed by atoms with Gasteiger partial charge in [0.15, 0.2) is 5.96 Å². The molecular formula is C21H28N4O2S. The fraction of sp³-hybridized carbons (Fsp3) is 0.381. The Bertz CT molecular complexity index is 964. The molecule has 0 radical (unpaired) electrons. The lowest BCUT2D eigenvalue weighted by Crippen LogP contribution is -2.36. The van der Waals surface area contributed by atoms with Gasteiger partial charge in [-0.05, 0) is 61.6 Å². The summed E-state index contributed by atoms with van der Waals surface area (Å²) in [6.45, 7) is 5.45. The molecule has 2 aromatic rings. The summed E-state index contributed by atoms with van der Waals surface area (Å²) in [7, 11) is -3.51. The second kappa shape index (κ2) is 8.75. The lowest BCUT2D eigenvalue weighted by Gasteiger charge is -2.26. The van der Waals surface area contributed by atoms with E-state index in [0.717, 1.165) is 30.5 Å². The van der Waals surface area contributed by atoms with Gasteiger partial charge in [0.05, 0.1) is 11.4 Å². The number of nitrogens with one attached hydrogen (secondary N) is 1. The van der Waals surface area contributed by atoms with Crippen molar-refractivity contribution in [2.24, 2.45) is 10.7 Å². The molecular weight excluding hydrogens is 372 g/mol. The Morgan fingerprint density at radius 3 is 2.50 bits per heavy atom. The topological polar surface area (TPSA) is 87.8 Å². The zero-order valence-corrected chi connectivity index (χ0v) is 17.3. The summed E-state index contributed by atoms with van der Waals surface area (Å²) in [5, 5.41) is 3.07. The molecule has 0 spiro atoms. The first-order valence-corrected chi connectivity index (χ1v) is 11.0. The van der Waals surface area contributed by atoms with Gasteiger partial charge in [0.2, 0.25) is 10.0 Å². The van der Waals surface area contributed by atoms with Crippen molar-refractivity contribution in [3.8, 4) is 0 Å². The van der Waals surface area contributed by atoms with E-state index in [9.17, 15) is 8.42 Å². The van der Waals surface area contributed by atoms with E-state index >= 15 is 0 Å². The minimum Gasteiger partial charge on any atom is -0.370 e. The number of hydrogen-bond donors (Lipinski definition) is 2. The molecule has 6 nitrogen and oxygen atoms in total. The third-order valence-corrected chi connectivity index (χ3v) is 7.10. The molecule has 0 atom stereocenters. The van der Waals surface area contributed by atoms with Gasteiger partial charge >= 0.3 is 0 Å². The Morgan fingerprint density at radius 2 is 1.79 bits per heavy atom. The molecule has 1 fully saturated rings. The van der Waals surface area contributed by atoms with Gasteiger partial charge in [0.25, 0.3) is 0 Å². The van der Waals surface area contributed by atoms with Crippen molar-refractivity contribution in [1.29, 1.82) is 0 Å². The molecule has 3 N–H and O–H groups in total. The minimum atomic E-state index is -3.51. The van der Waals surface area contributed by atoms with Gasteiger partial charge in [0, 0.05) is 18.8 Å². The van der Waals surface area contributed by atoms with Crippen LogP contribution in [0.1, 0.15) is 36.0 Å². The number of rotatable bonds is 5. The summed E-state index contributed by atoms with van der Waals surface area (Å²) in [6.07, 6.45) is 2.90. The monoisotopic (exact) mass is 400 g/mol. The second-order valence-electron chi connectivity index (χ2n) is 7.20. The van der Waals surface area contributed by atoms with Crippen LogP contribution in [0.2, 0.25) is 0 Å². The van der Waals surface area contributed by atoms with Crippen LogP contribution < -0.4 is 11.1 Å². The zero-order valence-electron chi connectivity index (χ0n) is 16.5. The molecule has 0 bridgehead atoms. The van der Waals surface area contributed by atoms with Crippen LogP contribution in [0.25, 0.3) is 0 Å². The lowest BCUT2D eigenvalue weighted by molar-refractivity contribution is 0.346. The average molecular weight is 401 g/mol. The van der Waals surface area contributed by atoms with Crippen LogP contribution in [-0.2, 0) is 16.6 Å². The van der Waals surface area contributed by atoms with Gasteiger partial charge in [-0.1, -0.05) is 30.7 Å². The molecule has 1 saturated heterocycles. The molecule has 1 heterocycles. The zero-order chi connectivity index (χ0) is 20.1. The maximum atomic E-state index is 13.0. The first kappa shape index (κ1) is 20.4. The SMILES string of the molecule is Cc1ccc(NC(N)=NCc2ccccc2S(=O)(=O)N2CCCCC2)cc1C. The Labute approximate surface area is 167 Å². The van der Waals surface area contributed by atoms with Crippen LogP contribution in [0, 0.1) is 13.8 Å². The van der Waals surface area contributed by atoms with Gasteiger partial charge in [-0.25, -0.2) is 13.4 Å². The van der Waals surface area contributed by atoms with Crippen molar-refractivity contribution in [1.82, 2.24) is 4.31 Å². The van der Waals surface area contributed by atoms with Crippen molar-refractivity contribution in [3.05, 3.63) is 59.2 Å². The largest absolute Gasteiger partial charge is 0.370 e. The lowest BCUT2D eigenvalue weighted by atomic mass is 10.1. The first-order chi connectivity index (χ1) is 13.4. The molecule has 0 aliphatic carbocycles. The molecule has 150 valence electrons. The summed E-state index contributed by atoms with van der Waals surface area (Å²) in [4.78, 5) is 4.68. The van der Waals surface area contributed by atoms with Gasteiger partial charge in [-0.2, -0.15) is 4.31 Å². The second-order valence-corrected chi connectivity index (χ2v) is 9.10. The number of anilines is 1. The summed E-state index contributed by atoms with van der Waals surface area (Å²) >= 11 is 0. The van der Waals surface area contributed by atoms with E-state index in [2.05, 4.69) is 17.2 Å². The Morgan fingerprint density at radius 1 is 1.07 bits per heavy atom. The smallest absolute Gasteiger partial charge is 0.243 e. The van der Waals surface area contributed by atoms with Crippen molar-refractivity contribution in [2.75, 3.05) is 18.4 Å². The van der Waals surface area contributed by atoms with E-state index < -0.39 is 10.0 Å². The van der Waals surface area contributed by atoms with Crippen molar-refractivity contribution < 1.29 is 8.42 Å². The van der Waals surface area contributed by atoms with Gasteiger partial charge in [0.1, 0.15) is 0 Å². The van der Waals surface area contributed by atoms with Gasteiger partial charge < -0.3 is 11.1 Å². The molecule has 0 amide bonds. The van der Waals surface area contributed by atoms with Crippen molar-refractivity contribution in [2.45, 2.75) is 44.6 Å². The third-order valence-electron chi connectivity index (χ3n) is 5.10. The fourth-order valence-electron chi connectivity index (χ4n) is 3.31. The predicted octanol–water partition coefficient (Wildman–Crippen LogP) is 3.40. The number of nitrogens with two attached hydrogens (primary N) is 1. The van der Waals surface area contributed by atoms with Crippen LogP contribution >= 0.6 is 0 Å². The number of aliphatic imine (C=N–C) groups is 1. The maximum absolute atomic E-state index is 13.0. The molecule has 0 unspecified atom stereocenters. The number of hydrogen-bond acceptors (Lipinski definition) is 3. The van der Waals surface area contributed by atoms with Crippen LogP contribution in [0.4, 0.5) is 5.69 Å². The van der Waals surface area contributed by atoms with E-state index in [0.29, 0.717) is 23.5 Å². The van der Waals surface area contributed by atoms with E-state index in [1.807, 2.05) is 31.2 Å². The van der Waals surface area contributed by atoms with Crippen molar-refractivity contribution >= 4 is 21.7 Å².